The zero-order valence-electron chi connectivity index (χ0n) is 10.7. The lowest BCUT2D eigenvalue weighted by molar-refractivity contribution is 0.270. The zero-order valence-corrected chi connectivity index (χ0v) is 10.7. The molecule has 0 bridgehead atoms. The number of hydrogen-bond donors (Lipinski definition) is 1. The van der Waals surface area contributed by atoms with Gasteiger partial charge >= 0.3 is 0 Å². The predicted octanol–water partition coefficient (Wildman–Crippen LogP) is 0.338. The molecule has 1 N–H and O–H groups in total. The Bertz CT molecular complexity index is 329. The lowest BCUT2D eigenvalue weighted by Crippen LogP contribution is -2.46. The molecule has 1 aliphatic rings. The molecule has 0 aliphatic carbocycles. The highest BCUT2D eigenvalue weighted by atomic mass is 15.3. The summed E-state index contributed by atoms with van der Waals surface area (Å²) in [5, 5.41) is 3.10. The van der Waals surface area contributed by atoms with Crippen molar-refractivity contribution in [3.63, 3.8) is 0 Å². The molecular weight excluding hydrogens is 214 g/mol. The van der Waals surface area contributed by atoms with Crippen LogP contribution in [0.15, 0.2) is 12.4 Å². The Morgan fingerprint density at radius 3 is 2.35 bits per heavy atom. The minimum Gasteiger partial charge on any atom is -0.338 e. The summed E-state index contributed by atoms with van der Waals surface area (Å²) < 4.78 is 0. The monoisotopic (exact) mass is 235 g/mol. The third-order valence-corrected chi connectivity index (χ3v) is 3.17. The molecule has 94 valence electrons. The molecule has 17 heavy (non-hydrogen) atoms. The van der Waals surface area contributed by atoms with Crippen LogP contribution in [0.4, 0.5) is 5.95 Å². The number of aromatic nitrogens is 2. The van der Waals surface area contributed by atoms with Gasteiger partial charge < -0.3 is 15.1 Å². The van der Waals surface area contributed by atoms with E-state index in [-0.39, 0.29) is 0 Å². The van der Waals surface area contributed by atoms with Crippen molar-refractivity contribution < 1.29 is 0 Å². The summed E-state index contributed by atoms with van der Waals surface area (Å²) in [5.74, 6) is 0.862. The van der Waals surface area contributed by atoms with Crippen LogP contribution in [0.3, 0.4) is 0 Å². The first-order valence-corrected chi connectivity index (χ1v) is 6.26. The maximum atomic E-state index is 4.43. The van der Waals surface area contributed by atoms with Crippen LogP contribution in [0.1, 0.15) is 12.5 Å². The summed E-state index contributed by atoms with van der Waals surface area (Å²) in [6.07, 6.45) is 3.82. The third kappa shape index (κ3) is 3.14. The first-order chi connectivity index (χ1) is 8.33. The second-order valence-corrected chi connectivity index (χ2v) is 4.34. The van der Waals surface area contributed by atoms with E-state index in [0.29, 0.717) is 0 Å². The van der Waals surface area contributed by atoms with Crippen molar-refractivity contribution in [2.45, 2.75) is 13.5 Å². The molecule has 5 nitrogen and oxygen atoms in total. The van der Waals surface area contributed by atoms with E-state index >= 15 is 0 Å². The molecule has 1 aromatic heterocycles. The second kappa shape index (κ2) is 5.93. The van der Waals surface area contributed by atoms with Gasteiger partial charge in [0.15, 0.2) is 0 Å². The molecule has 2 heterocycles. The average molecular weight is 235 g/mol. The van der Waals surface area contributed by atoms with Crippen LogP contribution in [-0.4, -0.2) is 54.6 Å². The minimum atomic E-state index is 0.823. The van der Waals surface area contributed by atoms with E-state index in [1.165, 1.54) is 0 Å². The van der Waals surface area contributed by atoms with Crippen LogP contribution in [0.5, 0.6) is 0 Å². The number of hydrogen-bond acceptors (Lipinski definition) is 5. The fraction of sp³-hybridized carbons (Fsp3) is 0.667. The number of rotatable bonds is 4. The highest BCUT2D eigenvalue weighted by molar-refractivity contribution is 5.30. The van der Waals surface area contributed by atoms with Crippen molar-refractivity contribution >= 4 is 5.95 Å². The molecule has 0 amide bonds. The Morgan fingerprint density at radius 1 is 1.18 bits per heavy atom. The van der Waals surface area contributed by atoms with Crippen molar-refractivity contribution in [3.8, 4) is 0 Å². The van der Waals surface area contributed by atoms with E-state index in [1.54, 1.807) is 0 Å². The Morgan fingerprint density at radius 2 is 1.82 bits per heavy atom. The fourth-order valence-corrected chi connectivity index (χ4v) is 2.07. The quantitative estimate of drug-likeness (QED) is 0.815. The van der Waals surface area contributed by atoms with Gasteiger partial charge in [-0.05, 0) is 13.6 Å². The Labute approximate surface area is 103 Å². The molecule has 0 spiro atoms. The average Bonchev–Trinajstić information content (AvgIpc) is 2.40. The van der Waals surface area contributed by atoms with Crippen LogP contribution in [0.25, 0.3) is 0 Å². The minimum absolute atomic E-state index is 0.823. The van der Waals surface area contributed by atoms with Crippen molar-refractivity contribution in [3.05, 3.63) is 18.0 Å². The van der Waals surface area contributed by atoms with E-state index in [2.05, 4.69) is 32.0 Å². The molecule has 0 saturated carbocycles. The van der Waals surface area contributed by atoms with Crippen LogP contribution < -0.4 is 10.2 Å². The van der Waals surface area contributed by atoms with E-state index < -0.39 is 0 Å². The first-order valence-electron chi connectivity index (χ1n) is 6.26. The normalized spacial score (nSPS) is 17.4. The molecule has 2 rings (SSSR count). The molecule has 1 aliphatic heterocycles. The number of nitrogens with one attached hydrogen (secondary N) is 1. The summed E-state index contributed by atoms with van der Waals surface area (Å²) in [6, 6.07) is 0. The fourth-order valence-electron chi connectivity index (χ4n) is 2.07. The maximum Gasteiger partial charge on any atom is 0.225 e. The smallest absolute Gasteiger partial charge is 0.225 e. The third-order valence-electron chi connectivity index (χ3n) is 3.17. The number of likely N-dealkylation sites (N-methyl/N-ethyl adjacent to an activating group) is 1. The van der Waals surface area contributed by atoms with E-state index in [0.717, 1.165) is 50.8 Å². The molecule has 1 fully saturated rings. The SMILES string of the molecule is CCN1CCN(c2ncc(CNC)cn2)CC1. The van der Waals surface area contributed by atoms with Gasteiger partial charge in [-0.25, -0.2) is 9.97 Å². The zero-order chi connectivity index (χ0) is 12.1. The van der Waals surface area contributed by atoms with Crippen LogP contribution in [0.2, 0.25) is 0 Å². The molecule has 5 heteroatoms. The number of anilines is 1. The van der Waals surface area contributed by atoms with Crippen molar-refractivity contribution in [1.29, 1.82) is 0 Å². The molecule has 0 aromatic carbocycles. The predicted molar refractivity (Wildman–Crippen MR) is 69.1 cm³/mol. The van der Waals surface area contributed by atoms with Gasteiger partial charge in [-0.3, -0.25) is 0 Å². The van der Waals surface area contributed by atoms with E-state index in [1.807, 2.05) is 19.4 Å². The highest BCUT2D eigenvalue weighted by Crippen LogP contribution is 2.10. The lowest BCUT2D eigenvalue weighted by atomic mass is 10.3. The van der Waals surface area contributed by atoms with Crippen molar-refractivity contribution in [2.75, 3.05) is 44.7 Å². The van der Waals surface area contributed by atoms with Crippen molar-refractivity contribution in [2.24, 2.45) is 0 Å². The summed E-state index contributed by atoms with van der Waals surface area (Å²) in [7, 11) is 1.93. The van der Waals surface area contributed by atoms with Gasteiger partial charge in [0.05, 0.1) is 0 Å². The second-order valence-electron chi connectivity index (χ2n) is 4.34. The van der Waals surface area contributed by atoms with Gasteiger partial charge in [-0.1, -0.05) is 6.92 Å². The Hall–Kier alpha value is -1.20. The van der Waals surface area contributed by atoms with Crippen LogP contribution in [-0.2, 0) is 6.54 Å². The molecule has 0 radical (unpaired) electrons. The van der Waals surface area contributed by atoms with Gasteiger partial charge in [0.1, 0.15) is 0 Å². The lowest BCUT2D eigenvalue weighted by Gasteiger charge is -2.33. The highest BCUT2D eigenvalue weighted by Gasteiger charge is 2.17. The van der Waals surface area contributed by atoms with Gasteiger partial charge in [-0.2, -0.15) is 0 Å². The first kappa shape index (κ1) is 12.3. The summed E-state index contributed by atoms with van der Waals surface area (Å²) in [5.41, 5.74) is 1.13. The standard InChI is InChI=1S/C12H21N5/c1-3-16-4-6-17(7-5-16)12-14-9-11(8-13-2)10-15-12/h9-10,13H,3-8H2,1-2H3. The topological polar surface area (TPSA) is 44.3 Å². The summed E-state index contributed by atoms with van der Waals surface area (Å²) in [6.45, 7) is 8.44. The molecule has 0 unspecified atom stereocenters. The van der Waals surface area contributed by atoms with Crippen LogP contribution >= 0.6 is 0 Å². The van der Waals surface area contributed by atoms with E-state index in [9.17, 15) is 0 Å². The molecule has 1 aromatic rings. The summed E-state index contributed by atoms with van der Waals surface area (Å²) in [4.78, 5) is 13.6. The summed E-state index contributed by atoms with van der Waals surface area (Å²) >= 11 is 0. The molecule has 0 atom stereocenters. The Kier molecular flexibility index (Phi) is 4.28. The molecule has 1 saturated heterocycles. The number of nitrogens with zero attached hydrogens (tertiary/aromatic N) is 4. The van der Waals surface area contributed by atoms with Gasteiger partial charge in [0.2, 0.25) is 5.95 Å². The van der Waals surface area contributed by atoms with E-state index in [4.69, 9.17) is 0 Å². The maximum absolute atomic E-state index is 4.43. The van der Waals surface area contributed by atoms with Crippen LogP contribution in [0, 0.1) is 0 Å². The van der Waals surface area contributed by atoms with Gasteiger partial charge in [-0.15, -0.1) is 0 Å². The van der Waals surface area contributed by atoms with Crippen molar-refractivity contribution in [1.82, 2.24) is 20.2 Å². The largest absolute Gasteiger partial charge is 0.338 e. The van der Waals surface area contributed by atoms with Gasteiger partial charge in [0.25, 0.3) is 0 Å². The van der Waals surface area contributed by atoms with Gasteiger partial charge in [0, 0.05) is 50.7 Å². The number of piperazine rings is 1. The Balaban J connectivity index is 1.94. The molecular formula is C12H21N5.